The Labute approximate surface area is 847 Å². The Kier molecular flexibility index (Phi) is 42.0. The first-order valence-electron chi connectivity index (χ1n) is 54.9. The minimum atomic E-state index is -0.188. The summed E-state index contributed by atoms with van der Waals surface area (Å²) in [5.74, 6) is 0. The van der Waals surface area contributed by atoms with Crippen LogP contribution in [0.15, 0.2) is 315 Å². The summed E-state index contributed by atoms with van der Waals surface area (Å²) in [6.45, 7) is 44.8. The highest BCUT2D eigenvalue weighted by Gasteiger charge is 2.29. The lowest BCUT2D eigenvalue weighted by Gasteiger charge is -2.37. The summed E-state index contributed by atoms with van der Waals surface area (Å²) in [4.78, 5) is 30.6. The fourth-order valence-corrected chi connectivity index (χ4v) is 19.7. The number of hydrogen-bond acceptors (Lipinski definition) is 12. The summed E-state index contributed by atoms with van der Waals surface area (Å²) in [5, 5.41) is 0. The van der Waals surface area contributed by atoms with Gasteiger partial charge in [0.2, 0.25) is 0 Å². The van der Waals surface area contributed by atoms with E-state index in [1.807, 2.05) is 0 Å². The van der Waals surface area contributed by atoms with Crippen molar-refractivity contribution < 1.29 is 0 Å². The van der Waals surface area contributed by atoms with Crippen LogP contribution in [0.3, 0.4) is 0 Å². The molecule has 0 spiro atoms. The van der Waals surface area contributed by atoms with Crippen molar-refractivity contribution in [3.8, 4) is 0 Å². The quantitative estimate of drug-likeness (QED) is 0.0341. The number of hydrogen-bond donors (Lipinski definition) is 0. The van der Waals surface area contributed by atoms with E-state index in [4.69, 9.17) is 0 Å². The van der Waals surface area contributed by atoms with E-state index in [0.29, 0.717) is 0 Å². The van der Waals surface area contributed by atoms with E-state index in [1.54, 1.807) is 0 Å². The second-order valence-electron chi connectivity index (χ2n) is 39.2. The lowest BCUT2D eigenvalue weighted by Crippen LogP contribution is -2.34. The van der Waals surface area contributed by atoms with E-state index in [1.165, 1.54) is 211 Å². The molecule has 742 valence electrons. The molecule has 2 aliphatic carbocycles. The first-order chi connectivity index (χ1) is 68.8. The second-order valence-corrected chi connectivity index (χ2v) is 39.2. The summed E-state index contributed by atoms with van der Waals surface area (Å²) < 4.78 is 0. The van der Waals surface area contributed by atoms with Gasteiger partial charge in [0.25, 0.3) is 0 Å². The minimum absolute atomic E-state index is 0.177. The minimum Gasteiger partial charge on any atom is -0.372 e. The van der Waals surface area contributed by atoms with Crippen LogP contribution in [0.25, 0.3) is 0 Å². The van der Waals surface area contributed by atoms with Crippen molar-refractivity contribution in [3.63, 3.8) is 0 Å². The monoisotopic (exact) mass is 1880 g/mol. The van der Waals surface area contributed by atoms with E-state index in [2.05, 4.69) is 459 Å². The molecule has 0 amide bonds. The Balaban J connectivity index is 0.943. The lowest BCUT2D eigenvalue weighted by molar-refractivity contribution is 0.678. The van der Waals surface area contributed by atoms with Crippen LogP contribution in [0, 0.1) is 6.92 Å². The first-order valence-corrected chi connectivity index (χ1v) is 54.9. The van der Waals surface area contributed by atoms with Gasteiger partial charge in [-0.15, -0.1) is 0 Å². The predicted octanol–water partition coefficient (Wildman–Crippen LogP) is 36.4. The van der Waals surface area contributed by atoms with Gasteiger partial charge in [-0.05, 0) is 365 Å². The first kappa shape index (κ1) is 105. The van der Waals surface area contributed by atoms with Crippen LogP contribution in [0.1, 0.15) is 263 Å². The highest BCUT2D eigenvalue weighted by Crippen LogP contribution is 2.46. The van der Waals surface area contributed by atoms with Crippen molar-refractivity contribution in [2.75, 3.05) is 137 Å². The predicted molar refractivity (Wildman–Crippen MR) is 617 cm³/mol. The molecule has 0 aromatic heterocycles. The van der Waals surface area contributed by atoms with E-state index in [9.17, 15) is 0 Å². The van der Waals surface area contributed by atoms with Crippen LogP contribution in [0.2, 0.25) is 0 Å². The van der Waals surface area contributed by atoms with Crippen LogP contribution in [0.5, 0.6) is 0 Å². The van der Waals surface area contributed by atoms with E-state index >= 15 is 0 Å². The number of unbranched alkanes of at least 4 members (excludes halogenated alkanes) is 12. The average Bonchev–Trinajstić information content (AvgIpc) is 0.766. The van der Waals surface area contributed by atoms with Gasteiger partial charge < -0.3 is 58.8 Å². The third-order valence-corrected chi connectivity index (χ3v) is 28.3. The fraction of sp³-hybridized carbons (Fsp3) is 0.422. The smallest absolute Gasteiger partial charge is 0.0708 e. The van der Waals surface area contributed by atoms with Crippen molar-refractivity contribution in [2.24, 2.45) is 0 Å². The standard InChI is InChI=1S/C128H170N12/c1-15-27-91-129(92-28-16-2)105-47-59-113(60-48-105)135(111-43-39-103(13)40-44-111)119-71-75-123(76-72-119)139(124-77-73-120(74-78-124)136(112-45-41-104(14)42-46-112)114-61-49-106(50-62-114)130(93-29-17-3)94-30-18-4)127-87-89-128(90-88-127)140(125-83-79-121(80-84-125)137(115-63-51-107(52-64-115)131(95-31-19-5)96-32-20-6)116-65-53-108(54-66-116)132(97-33-21-7)98-34-22-8)126-85-81-122(82-86-126)138(117-67-55-109(56-68-117)133(99-35-23-9)100-36-24-10)118-69-57-110(58-70-118)134(101-37-25-11)102-38-26-12/h39-41,43-45,47-90,127-128H,15-38,42,46,91-102H2,1-14H3. The highest BCUT2D eigenvalue weighted by atomic mass is 15.2. The molecule has 13 rings (SSSR count). The molecule has 0 unspecified atom stereocenters. The molecule has 0 bridgehead atoms. The normalized spacial score (nSPS) is 13.4. The summed E-state index contributed by atoms with van der Waals surface area (Å²) in [5.41, 5.74) is 28.4. The SMILES string of the molecule is CCCCN(CCCC)c1ccc(N(C2=CC=C(C)CC2)c2ccc(N(c3ccc(N(c4ccc(C)cc4)c4ccc(N(CCCC)CCCC)cc4)cc3)C3C=CC(N(c4ccc(N(c5ccc(N(CCCC)CCCC)cc5)c5ccc(N(CCCC)CCCC)cc5)cc4)c4ccc(N(c5ccc(N(CCCC)CCCC)cc5)c5ccc(N(CCCC)CCCC)cc5)cc4)C=C3)cc2)cc1. The molecule has 0 aliphatic heterocycles. The van der Waals surface area contributed by atoms with Crippen molar-refractivity contribution >= 4 is 119 Å². The number of benzene rings is 11. The third-order valence-electron chi connectivity index (χ3n) is 28.3. The number of aryl methyl sites for hydroxylation is 1. The van der Waals surface area contributed by atoms with Crippen LogP contribution >= 0.6 is 0 Å². The molecule has 2 aliphatic rings. The average molecular weight is 1880 g/mol. The van der Waals surface area contributed by atoms with Gasteiger partial charge in [0.1, 0.15) is 0 Å². The van der Waals surface area contributed by atoms with Gasteiger partial charge in [0.15, 0.2) is 0 Å². The maximum Gasteiger partial charge on any atom is 0.0708 e. The van der Waals surface area contributed by atoms with Gasteiger partial charge in [-0.25, -0.2) is 0 Å². The summed E-state index contributed by atoms with van der Waals surface area (Å²) in [6.07, 6.45) is 44.7. The molecule has 140 heavy (non-hydrogen) atoms. The Morgan fingerprint density at radius 2 is 0.321 bits per heavy atom. The van der Waals surface area contributed by atoms with Crippen molar-refractivity contribution in [2.45, 2.75) is 276 Å². The summed E-state index contributed by atoms with van der Waals surface area (Å²) in [7, 11) is 0. The molecular formula is C128H170N12. The largest absolute Gasteiger partial charge is 0.372 e. The number of anilines is 21. The zero-order valence-electron chi connectivity index (χ0n) is 88.3. The zero-order valence-corrected chi connectivity index (χ0v) is 88.3. The molecule has 0 radical (unpaired) electrons. The fourth-order valence-electron chi connectivity index (χ4n) is 19.7. The Hall–Kier alpha value is -12.0. The molecule has 0 saturated heterocycles. The Bertz CT molecular complexity index is 5130. The number of rotatable bonds is 60. The van der Waals surface area contributed by atoms with Gasteiger partial charge in [-0.1, -0.05) is 214 Å². The van der Waals surface area contributed by atoms with Gasteiger partial charge in [0.05, 0.1) is 12.1 Å². The van der Waals surface area contributed by atoms with Gasteiger partial charge in [0, 0.05) is 204 Å². The molecule has 12 nitrogen and oxygen atoms in total. The van der Waals surface area contributed by atoms with Crippen LogP contribution in [0.4, 0.5) is 119 Å². The molecule has 11 aromatic rings. The molecule has 0 atom stereocenters. The van der Waals surface area contributed by atoms with Crippen LogP contribution < -0.4 is 58.8 Å². The van der Waals surface area contributed by atoms with Gasteiger partial charge >= 0.3 is 0 Å². The number of nitrogens with zero attached hydrogens (tertiary/aromatic N) is 12. The Morgan fingerprint density at radius 1 is 0.171 bits per heavy atom. The summed E-state index contributed by atoms with van der Waals surface area (Å²) in [6, 6.07) is 103. The molecule has 11 aromatic carbocycles. The molecule has 0 saturated carbocycles. The summed E-state index contributed by atoms with van der Waals surface area (Å²) >= 11 is 0. The lowest BCUT2D eigenvalue weighted by atomic mass is 10.0. The zero-order chi connectivity index (χ0) is 98.2. The number of allylic oxidation sites excluding steroid dienone is 4. The molecule has 0 fully saturated rings. The second kappa shape index (κ2) is 55.8. The molecule has 12 heteroatoms. The van der Waals surface area contributed by atoms with Crippen molar-refractivity contribution in [1.29, 1.82) is 0 Å². The maximum atomic E-state index is 2.60. The molecular weight excluding hydrogens is 1710 g/mol. The van der Waals surface area contributed by atoms with Gasteiger partial charge in [-0.2, -0.15) is 0 Å². The van der Waals surface area contributed by atoms with Crippen molar-refractivity contribution in [1.82, 2.24) is 0 Å². The molecule has 0 N–H and O–H groups in total. The van der Waals surface area contributed by atoms with Crippen molar-refractivity contribution in [3.05, 3.63) is 320 Å². The van der Waals surface area contributed by atoms with E-state index in [0.717, 1.165) is 171 Å². The Morgan fingerprint density at radius 3 is 0.479 bits per heavy atom. The van der Waals surface area contributed by atoms with Crippen LogP contribution in [-0.4, -0.2) is 90.6 Å². The van der Waals surface area contributed by atoms with Gasteiger partial charge in [-0.3, -0.25) is 0 Å². The van der Waals surface area contributed by atoms with E-state index < -0.39 is 0 Å². The molecule has 0 heterocycles. The maximum absolute atomic E-state index is 2.60. The topological polar surface area (TPSA) is 38.9 Å². The third kappa shape index (κ3) is 28.7. The van der Waals surface area contributed by atoms with Crippen LogP contribution in [-0.2, 0) is 0 Å². The highest BCUT2D eigenvalue weighted by molar-refractivity contribution is 5.85. The van der Waals surface area contributed by atoms with E-state index in [-0.39, 0.29) is 12.1 Å².